The van der Waals surface area contributed by atoms with Crippen molar-refractivity contribution in [1.82, 2.24) is 5.32 Å². The Bertz CT molecular complexity index is 665. The molecule has 1 saturated heterocycles. The van der Waals surface area contributed by atoms with Crippen LogP contribution in [0.5, 0.6) is 5.75 Å². The van der Waals surface area contributed by atoms with Crippen LogP contribution in [0.2, 0.25) is 0 Å². The quantitative estimate of drug-likeness (QED) is 0.637. The van der Waals surface area contributed by atoms with Crippen molar-refractivity contribution in [2.75, 3.05) is 36.6 Å². The molecule has 1 aliphatic heterocycles. The molecule has 3 N–H and O–H groups in total. The van der Waals surface area contributed by atoms with Crippen molar-refractivity contribution in [3.8, 4) is 5.75 Å². The molecular weight excluding hydrogens is 327 g/mol. The number of nitrogens with one attached hydrogen (secondary N) is 2. The summed E-state index contributed by atoms with van der Waals surface area (Å²) in [4.78, 5) is 11.9. The average Bonchev–Trinajstić information content (AvgIpc) is 2.83. The van der Waals surface area contributed by atoms with Gasteiger partial charge in [0.05, 0.1) is 30.3 Å². The summed E-state index contributed by atoms with van der Waals surface area (Å²) in [6.07, 6.45) is 0.412. The number of anilines is 1. The lowest BCUT2D eigenvalue weighted by atomic mass is 10.2. The van der Waals surface area contributed by atoms with Gasteiger partial charge in [-0.05, 0) is 18.6 Å². The number of hydrogen-bond acceptors (Lipinski definition) is 6. The SMILES string of the molecule is O=C(CNc1ccc(F)cc1OCCO)N[C@H]1CCS(=O)(=O)C1. The summed E-state index contributed by atoms with van der Waals surface area (Å²) >= 11 is 0. The number of ether oxygens (including phenoxy) is 1. The molecule has 0 radical (unpaired) electrons. The Morgan fingerprint density at radius 2 is 2.22 bits per heavy atom. The van der Waals surface area contributed by atoms with Gasteiger partial charge in [0.1, 0.15) is 18.2 Å². The summed E-state index contributed by atoms with van der Waals surface area (Å²) in [5, 5.41) is 14.2. The van der Waals surface area contributed by atoms with E-state index in [0.29, 0.717) is 12.1 Å². The van der Waals surface area contributed by atoms with Crippen molar-refractivity contribution < 1.29 is 27.4 Å². The zero-order valence-corrected chi connectivity index (χ0v) is 13.2. The third-order valence-corrected chi connectivity index (χ3v) is 5.10. The number of amides is 1. The van der Waals surface area contributed by atoms with Crippen LogP contribution in [0.3, 0.4) is 0 Å². The highest BCUT2D eigenvalue weighted by Gasteiger charge is 2.28. The van der Waals surface area contributed by atoms with Crippen LogP contribution >= 0.6 is 0 Å². The highest BCUT2D eigenvalue weighted by atomic mass is 32.2. The number of rotatable bonds is 7. The van der Waals surface area contributed by atoms with Gasteiger partial charge in [-0.15, -0.1) is 0 Å². The number of aliphatic hydroxyl groups is 1. The van der Waals surface area contributed by atoms with Crippen molar-refractivity contribution in [3.05, 3.63) is 24.0 Å². The van der Waals surface area contributed by atoms with Gasteiger partial charge in [0.2, 0.25) is 5.91 Å². The van der Waals surface area contributed by atoms with E-state index in [2.05, 4.69) is 10.6 Å². The second-order valence-electron chi connectivity index (χ2n) is 5.23. The largest absolute Gasteiger partial charge is 0.489 e. The number of carbonyl (C=O) groups excluding carboxylic acids is 1. The van der Waals surface area contributed by atoms with Crippen molar-refractivity contribution in [1.29, 1.82) is 0 Å². The van der Waals surface area contributed by atoms with Crippen LogP contribution in [0.25, 0.3) is 0 Å². The fraction of sp³-hybridized carbons (Fsp3) is 0.500. The van der Waals surface area contributed by atoms with E-state index >= 15 is 0 Å². The molecule has 0 saturated carbocycles. The molecule has 0 unspecified atom stereocenters. The van der Waals surface area contributed by atoms with E-state index in [1.54, 1.807) is 0 Å². The summed E-state index contributed by atoms with van der Waals surface area (Å²) < 4.78 is 41.1. The van der Waals surface area contributed by atoms with E-state index < -0.39 is 15.7 Å². The molecule has 0 spiro atoms. The van der Waals surface area contributed by atoms with Crippen LogP contribution in [0.4, 0.5) is 10.1 Å². The van der Waals surface area contributed by atoms with E-state index in [4.69, 9.17) is 9.84 Å². The van der Waals surface area contributed by atoms with Crippen LogP contribution in [0, 0.1) is 5.82 Å². The number of carbonyl (C=O) groups is 1. The van der Waals surface area contributed by atoms with Crippen molar-refractivity contribution in [2.24, 2.45) is 0 Å². The molecule has 2 rings (SSSR count). The Morgan fingerprint density at radius 1 is 1.43 bits per heavy atom. The minimum atomic E-state index is -3.05. The maximum absolute atomic E-state index is 13.2. The minimum Gasteiger partial charge on any atom is -0.489 e. The zero-order valence-electron chi connectivity index (χ0n) is 12.4. The van der Waals surface area contributed by atoms with E-state index in [-0.39, 0.29) is 49.0 Å². The molecule has 0 aromatic heterocycles. The lowest BCUT2D eigenvalue weighted by Crippen LogP contribution is -2.39. The predicted molar refractivity (Wildman–Crippen MR) is 82.7 cm³/mol. The molecule has 1 aromatic rings. The van der Waals surface area contributed by atoms with Crippen LogP contribution < -0.4 is 15.4 Å². The Labute approximate surface area is 133 Å². The zero-order chi connectivity index (χ0) is 16.9. The second kappa shape index (κ2) is 7.60. The molecule has 1 atom stereocenters. The fourth-order valence-corrected chi connectivity index (χ4v) is 3.95. The smallest absolute Gasteiger partial charge is 0.239 e. The number of halogens is 1. The molecule has 9 heteroatoms. The van der Waals surface area contributed by atoms with E-state index in [1.165, 1.54) is 12.1 Å². The first-order valence-electron chi connectivity index (χ1n) is 7.16. The van der Waals surface area contributed by atoms with Gasteiger partial charge in [0, 0.05) is 12.1 Å². The number of sulfone groups is 1. The third-order valence-electron chi connectivity index (χ3n) is 3.33. The molecule has 1 fully saturated rings. The first-order valence-corrected chi connectivity index (χ1v) is 8.98. The highest BCUT2D eigenvalue weighted by molar-refractivity contribution is 7.91. The summed E-state index contributed by atoms with van der Waals surface area (Å²) in [6.45, 7) is -0.311. The van der Waals surface area contributed by atoms with Gasteiger partial charge in [0.25, 0.3) is 0 Å². The Hall–Kier alpha value is -1.87. The predicted octanol–water partition coefficient (Wildman–Crippen LogP) is -0.0880. The van der Waals surface area contributed by atoms with Crippen LogP contribution in [0.1, 0.15) is 6.42 Å². The number of aliphatic hydroxyl groups excluding tert-OH is 1. The van der Waals surface area contributed by atoms with Gasteiger partial charge in [0.15, 0.2) is 9.84 Å². The molecule has 1 aromatic carbocycles. The fourth-order valence-electron chi connectivity index (χ4n) is 2.28. The van der Waals surface area contributed by atoms with Gasteiger partial charge >= 0.3 is 0 Å². The summed E-state index contributed by atoms with van der Waals surface area (Å²) in [5.41, 5.74) is 0.411. The first-order chi connectivity index (χ1) is 10.9. The average molecular weight is 346 g/mol. The summed E-state index contributed by atoms with van der Waals surface area (Å²) in [7, 11) is -3.05. The van der Waals surface area contributed by atoms with Crippen LogP contribution in [-0.2, 0) is 14.6 Å². The maximum atomic E-state index is 13.2. The molecule has 1 aliphatic rings. The molecule has 0 aliphatic carbocycles. The van der Waals surface area contributed by atoms with E-state index in [0.717, 1.165) is 6.07 Å². The topological polar surface area (TPSA) is 105 Å². The molecule has 1 heterocycles. The standard InChI is InChI=1S/C14H19FN2O5S/c15-10-1-2-12(13(7-10)22-5-4-18)16-8-14(19)17-11-3-6-23(20,21)9-11/h1-2,7,11,16,18H,3-6,8-9H2,(H,17,19)/t11-/m0/s1. The Balaban J connectivity index is 1.88. The van der Waals surface area contributed by atoms with Crippen molar-refractivity contribution in [2.45, 2.75) is 12.5 Å². The van der Waals surface area contributed by atoms with Crippen molar-refractivity contribution in [3.63, 3.8) is 0 Å². The third kappa shape index (κ3) is 5.36. The van der Waals surface area contributed by atoms with Gasteiger partial charge in [-0.2, -0.15) is 0 Å². The molecule has 128 valence electrons. The maximum Gasteiger partial charge on any atom is 0.239 e. The Kier molecular flexibility index (Phi) is 5.78. The monoisotopic (exact) mass is 346 g/mol. The van der Waals surface area contributed by atoms with Gasteiger partial charge in [-0.1, -0.05) is 0 Å². The second-order valence-corrected chi connectivity index (χ2v) is 7.46. The molecule has 23 heavy (non-hydrogen) atoms. The van der Waals surface area contributed by atoms with E-state index in [9.17, 15) is 17.6 Å². The Morgan fingerprint density at radius 3 is 2.87 bits per heavy atom. The molecule has 0 bridgehead atoms. The van der Waals surface area contributed by atoms with Gasteiger partial charge in [-0.3, -0.25) is 4.79 Å². The molecule has 7 nitrogen and oxygen atoms in total. The lowest BCUT2D eigenvalue weighted by molar-refractivity contribution is -0.119. The first kappa shape index (κ1) is 17.5. The lowest BCUT2D eigenvalue weighted by Gasteiger charge is -2.14. The van der Waals surface area contributed by atoms with Crippen molar-refractivity contribution >= 4 is 21.4 Å². The van der Waals surface area contributed by atoms with E-state index in [1.807, 2.05) is 0 Å². The van der Waals surface area contributed by atoms with Crippen LogP contribution in [-0.4, -0.2) is 56.7 Å². The number of hydrogen-bond donors (Lipinski definition) is 3. The van der Waals surface area contributed by atoms with Gasteiger partial charge < -0.3 is 20.5 Å². The molecular formula is C14H19FN2O5S. The van der Waals surface area contributed by atoms with Crippen LogP contribution in [0.15, 0.2) is 18.2 Å². The summed E-state index contributed by atoms with van der Waals surface area (Å²) in [6, 6.07) is 3.43. The normalized spacial score (nSPS) is 19.3. The molecule has 1 amide bonds. The summed E-state index contributed by atoms with van der Waals surface area (Å²) in [5.74, 6) is -0.619. The highest BCUT2D eigenvalue weighted by Crippen LogP contribution is 2.25. The van der Waals surface area contributed by atoms with Gasteiger partial charge in [-0.25, -0.2) is 12.8 Å². The minimum absolute atomic E-state index is 0.00423. The number of benzene rings is 1.